The molecule has 0 bridgehead atoms. The van der Waals surface area contributed by atoms with Gasteiger partial charge in [-0.25, -0.2) is 9.97 Å². The third kappa shape index (κ3) is 3.73. The maximum absolute atomic E-state index is 4.74. The molecule has 3 aromatic carbocycles. The lowest BCUT2D eigenvalue weighted by molar-refractivity contribution is 1.02. The first-order chi connectivity index (χ1) is 14.3. The molecule has 4 heteroatoms. The molecule has 1 N–H and O–H groups in total. The molecule has 0 fully saturated rings. The van der Waals surface area contributed by atoms with Crippen molar-refractivity contribution in [2.24, 2.45) is 0 Å². The summed E-state index contributed by atoms with van der Waals surface area (Å²) in [4.78, 5) is 12.3. The lowest BCUT2D eigenvalue weighted by atomic mass is 10.0. The van der Waals surface area contributed by atoms with Crippen LogP contribution in [0.2, 0.25) is 0 Å². The van der Waals surface area contributed by atoms with Gasteiger partial charge in [0.15, 0.2) is 0 Å². The highest BCUT2D eigenvalue weighted by Crippen LogP contribution is 2.21. The van der Waals surface area contributed by atoms with E-state index in [1.54, 1.807) is 6.20 Å². The highest BCUT2D eigenvalue weighted by Gasteiger charge is 2.07. The zero-order valence-electron chi connectivity index (χ0n) is 15.9. The first-order valence-electron chi connectivity index (χ1n) is 9.63. The normalized spacial score (nSPS) is 11.4. The summed E-state index contributed by atoms with van der Waals surface area (Å²) in [5.41, 5.74) is 6.82. The summed E-state index contributed by atoms with van der Waals surface area (Å²) in [7, 11) is 0. The lowest BCUT2D eigenvalue weighted by Crippen LogP contribution is -1.98. The molecular formula is C25H20N4. The Kier molecular flexibility index (Phi) is 4.51. The fraction of sp³-hybridized carbons (Fsp3) is 0.0400. The van der Waals surface area contributed by atoms with Crippen LogP contribution in [0.25, 0.3) is 28.9 Å². The standard InChI is InChI=1S/C25H20N4/c1-2-6-19(7-3-1)11-13-25-27-22-12-10-20(17-23(22)28-25)16-21-8-4-5-9-24(21)29-15-14-26-18-29/h1-15,17-18H,16H2,(H,27,28). The minimum Gasteiger partial charge on any atom is -0.338 e. The van der Waals surface area contributed by atoms with E-state index in [1.165, 1.54) is 11.1 Å². The van der Waals surface area contributed by atoms with E-state index >= 15 is 0 Å². The van der Waals surface area contributed by atoms with E-state index in [0.717, 1.165) is 34.5 Å². The van der Waals surface area contributed by atoms with Crippen LogP contribution in [-0.4, -0.2) is 19.5 Å². The predicted octanol–water partition coefficient (Wildman–Crippen LogP) is 5.51. The summed E-state index contributed by atoms with van der Waals surface area (Å²) in [5, 5.41) is 0. The first-order valence-corrected chi connectivity index (χ1v) is 9.63. The Labute approximate surface area is 169 Å². The summed E-state index contributed by atoms with van der Waals surface area (Å²) < 4.78 is 2.05. The average molecular weight is 376 g/mol. The Morgan fingerprint density at radius 2 is 1.76 bits per heavy atom. The molecule has 5 rings (SSSR count). The van der Waals surface area contributed by atoms with Crippen LogP contribution in [-0.2, 0) is 6.42 Å². The number of aromatic amines is 1. The minimum absolute atomic E-state index is 0.840. The highest BCUT2D eigenvalue weighted by atomic mass is 15.0. The van der Waals surface area contributed by atoms with E-state index in [0.29, 0.717) is 0 Å². The Morgan fingerprint density at radius 1 is 0.897 bits per heavy atom. The van der Waals surface area contributed by atoms with Crippen molar-refractivity contribution in [2.45, 2.75) is 6.42 Å². The quantitative estimate of drug-likeness (QED) is 0.440. The molecule has 0 aliphatic rings. The van der Waals surface area contributed by atoms with Crippen molar-refractivity contribution in [2.75, 3.05) is 0 Å². The second-order valence-electron chi connectivity index (χ2n) is 6.99. The molecule has 140 valence electrons. The van der Waals surface area contributed by atoms with Crippen LogP contribution >= 0.6 is 0 Å². The van der Waals surface area contributed by atoms with Crippen LogP contribution < -0.4 is 0 Å². The van der Waals surface area contributed by atoms with Crippen molar-refractivity contribution in [3.05, 3.63) is 114 Å². The van der Waals surface area contributed by atoms with Gasteiger partial charge in [0.1, 0.15) is 5.82 Å². The Bertz CT molecular complexity index is 1260. The molecule has 0 saturated carbocycles. The van der Waals surface area contributed by atoms with Gasteiger partial charge in [-0.1, -0.05) is 60.7 Å². The fourth-order valence-electron chi connectivity index (χ4n) is 3.53. The maximum atomic E-state index is 4.74. The summed E-state index contributed by atoms with van der Waals surface area (Å²) in [6.45, 7) is 0. The molecular weight excluding hydrogens is 356 g/mol. The smallest absolute Gasteiger partial charge is 0.131 e. The van der Waals surface area contributed by atoms with Gasteiger partial charge in [0.05, 0.1) is 17.4 Å². The number of para-hydroxylation sites is 1. The number of nitrogens with one attached hydrogen (secondary N) is 1. The molecule has 29 heavy (non-hydrogen) atoms. The van der Waals surface area contributed by atoms with Gasteiger partial charge in [-0.05, 0) is 47.4 Å². The summed E-state index contributed by atoms with van der Waals surface area (Å²) in [6.07, 6.45) is 10.5. The molecule has 5 aromatic rings. The first kappa shape index (κ1) is 17.2. The SMILES string of the molecule is C(=Cc1nc2cc(Cc3ccccc3-n3ccnc3)ccc2[nH]1)c1ccccc1. The van der Waals surface area contributed by atoms with Crippen molar-refractivity contribution in [3.8, 4) is 5.69 Å². The monoisotopic (exact) mass is 376 g/mol. The third-order valence-corrected chi connectivity index (χ3v) is 4.97. The van der Waals surface area contributed by atoms with Gasteiger partial charge in [0, 0.05) is 18.1 Å². The molecule has 2 heterocycles. The van der Waals surface area contributed by atoms with E-state index in [-0.39, 0.29) is 0 Å². The summed E-state index contributed by atoms with van der Waals surface area (Å²) in [6, 6.07) is 25.1. The van der Waals surface area contributed by atoms with Crippen molar-refractivity contribution in [1.29, 1.82) is 0 Å². The van der Waals surface area contributed by atoms with Gasteiger partial charge < -0.3 is 9.55 Å². The topological polar surface area (TPSA) is 46.5 Å². The number of benzene rings is 3. The van der Waals surface area contributed by atoms with Gasteiger partial charge in [0.2, 0.25) is 0 Å². The van der Waals surface area contributed by atoms with E-state index in [4.69, 9.17) is 4.98 Å². The number of imidazole rings is 2. The van der Waals surface area contributed by atoms with Crippen LogP contribution in [0.3, 0.4) is 0 Å². The highest BCUT2D eigenvalue weighted by molar-refractivity contribution is 5.79. The number of fused-ring (bicyclic) bond motifs is 1. The number of aromatic nitrogens is 4. The van der Waals surface area contributed by atoms with Crippen LogP contribution in [0.1, 0.15) is 22.5 Å². The largest absolute Gasteiger partial charge is 0.338 e. The average Bonchev–Trinajstić information content (AvgIpc) is 3.43. The zero-order valence-corrected chi connectivity index (χ0v) is 15.9. The molecule has 0 saturated heterocycles. The number of hydrogen-bond donors (Lipinski definition) is 1. The Hall–Kier alpha value is -3.92. The van der Waals surface area contributed by atoms with Crippen molar-refractivity contribution in [3.63, 3.8) is 0 Å². The van der Waals surface area contributed by atoms with Gasteiger partial charge in [-0.3, -0.25) is 0 Å². The van der Waals surface area contributed by atoms with Crippen LogP contribution in [0.15, 0.2) is 91.5 Å². The van der Waals surface area contributed by atoms with Gasteiger partial charge in [0.25, 0.3) is 0 Å². The zero-order chi connectivity index (χ0) is 19.5. The Balaban J connectivity index is 1.42. The number of rotatable bonds is 5. The Morgan fingerprint density at radius 3 is 2.62 bits per heavy atom. The second kappa shape index (κ2) is 7.60. The van der Waals surface area contributed by atoms with Crippen molar-refractivity contribution >= 4 is 23.2 Å². The molecule has 0 atom stereocenters. The summed E-state index contributed by atoms with van der Waals surface area (Å²) >= 11 is 0. The molecule has 0 spiro atoms. The van der Waals surface area contributed by atoms with Crippen LogP contribution in [0, 0.1) is 0 Å². The predicted molar refractivity (Wildman–Crippen MR) is 118 cm³/mol. The summed E-state index contributed by atoms with van der Waals surface area (Å²) in [5.74, 6) is 0.861. The molecule has 2 aromatic heterocycles. The van der Waals surface area contributed by atoms with Crippen molar-refractivity contribution < 1.29 is 0 Å². The molecule has 0 unspecified atom stereocenters. The fourth-order valence-corrected chi connectivity index (χ4v) is 3.53. The van der Waals surface area contributed by atoms with E-state index in [2.05, 4.69) is 75.2 Å². The number of H-pyrrole nitrogens is 1. The lowest BCUT2D eigenvalue weighted by Gasteiger charge is -2.10. The minimum atomic E-state index is 0.840. The van der Waals surface area contributed by atoms with Gasteiger partial charge >= 0.3 is 0 Å². The molecule has 0 aliphatic heterocycles. The van der Waals surface area contributed by atoms with Gasteiger partial charge in [-0.15, -0.1) is 0 Å². The molecule has 0 amide bonds. The van der Waals surface area contributed by atoms with E-state index in [9.17, 15) is 0 Å². The van der Waals surface area contributed by atoms with Crippen LogP contribution in [0.4, 0.5) is 0 Å². The molecule has 0 aliphatic carbocycles. The number of nitrogens with zero attached hydrogens (tertiary/aromatic N) is 3. The van der Waals surface area contributed by atoms with Crippen LogP contribution in [0.5, 0.6) is 0 Å². The van der Waals surface area contributed by atoms with Gasteiger partial charge in [-0.2, -0.15) is 0 Å². The van der Waals surface area contributed by atoms with E-state index in [1.807, 2.05) is 36.8 Å². The third-order valence-electron chi connectivity index (χ3n) is 4.97. The maximum Gasteiger partial charge on any atom is 0.131 e. The molecule has 4 nitrogen and oxygen atoms in total. The van der Waals surface area contributed by atoms with Crippen molar-refractivity contribution in [1.82, 2.24) is 19.5 Å². The molecule has 0 radical (unpaired) electrons. The second-order valence-corrected chi connectivity index (χ2v) is 6.99. The van der Waals surface area contributed by atoms with E-state index < -0.39 is 0 Å². The number of hydrogen-bond acceptors (Lipinski definition) is 2.